The maximum Gasteiger partial charge on any atom is 0.325 e. The monoisotopic (exact) mass is 453 g/mol. The molecule has 1 atom stereocenters. The quantitative estimate of drug-likeness (QED) is 0.323. The van der Waals surface area contributed by atoms with Crippen LogP contribution in [0.4, 0.5) is 5.69 Å². The van der Waals surface area contributed by atoms with Crippen molar-refractivity contribution in [2.24, 2.45) is 16.1 Å². The van der Waals surface area contributed by atoms with Crippen LogP contribution in [-0.2, 0) is 26.3 Å². The molecule has 0 saturated heterocycles. The number of ether oxygens (including phenoxy) is 1. The molecule has 7 heteroatoms. The normalized spacial score (nSPS) is 16.6. The summed E-state index contributed by atoms with van der Waals surface area (Å²) in [5.41, 5.74) is 2.43. The molecule has 0 bridgehead atoms. The number of carbonyl (C=O) groups is 2. The Balaban J connectivity index is 1.49. The summed E-state index contributed by atoms with van der Waals surface area (Å²) < 4.78 is 6.13. The molecule has 7 nitrogen and oxygen atoms in total. The van der Waals surface area contributed by atoms with Crippen molar-refractivity contribution in [1.82, 2.24) is 4.57 Å². The lowest BCUT2D eigenvalue weighted by molar-refractivity contribution is -0.141. The summed E-state index contributed by atoms with van der Waals surface area (Å²) in [5.74, 6) is -1.45. The Labute approximate surface area is 196 Å². The molecule has 1 heterocycles. The number of amides is 1. The van der Waals surface area contributed by atoms with Crippen LogP contribution in [0, 0.1) is 5.92 Å². The third-order valence-corrected chi connectivity index (χ3v) is 6.52. The number of benzene rings is 3. The standard InChI is InChI=1S/C27H23N3O4/c1-34-23(31)17-30-22-15-9-8-14-20(22)24(26(30)33)28-29-25(32)21-16-27(21,18-10-4-2-5-11-18)19-12-6-3-7-13-19/h2-15,21,33H,16-17H2,1H3/t21-/m0/s1. The number of azo groups is 1. The van der Waals surface area contributed by atoms with Crippen molar-refractivity contribution in [2.45, 2.75) is 18.4 Å². The smallest absolute Gasteiger partial charge is 0.325 e. The van der Waals surface area contributed by atoms with Gasteiger partial charge in [0.25, 0.3) is 5.91 Å². The number of hydrogen-bond donors (Lipinski definition) is 1. The highest BCUT2D eigenvalue weighted by molar-refractivity contribution is 5.96. The van der Waals surface area contributed by atoms with Crippen molar-refractivity contribution in [3.05, 3.63) is 96.1 Å². The van der Waals surface area contributed by atoms with Crippen molar-refractivity contribution < 1.29 is 19.4 Å². The summed E-state index contributed by atoms with van der Waals surface area (Å²) >= 11 is 0. The second-order valence-corrected chi connectivity index (χ2v) is 8.35. The molecular formula is C27H23N3O4. The molecule has 1 aliphatic rings. The molecule has 0 radical (unpaired) electrons. The predicted molar refractivity (Wildman–Crippen MR) is 127 cm³/mol. The van der Waals surface area contributed by atoms with E-state index in [2.05, 4.69) is 10.2 Å². The average molecular weight is 453 g/mol. The fourth-order valence-electron chi connectivity index (χ4n) is 4.73. The van der Waals surface area contributed by atoms with Crippen LogP contribution >= 0.6 is 0 Å². The zero-order valence-corrected chi connectivity index (χ0v) is 18.6. The van der Waals surface area contributed by atoms with Crippen molar-refractivity contribution in [3.63, 3.8) is 0 Å². The van der Waals surface area contributed by atoms with Gasteiger partial charge in [-0.1, -0.05) is 78.9 Å². The van der Waals surface area contributed by atoms with Gasteiger partial charge < -0.3 is 9.84 Å². The molecule has 0 unspecified atom stereocenters. The van der Waals surface area contributed by atoms with E-state index in [1.165, 1.54) is 11.7 Å². The predicted octanol–water partition coefficient (Wildman–Crippen LogP) is 5.14. The summed E-state index contributed by atoms with van der Waals surface area (Å²) in [5, 5.41) is 19.5. The van der Waals surface area contributed by atoms with Crippen molar-refractivity contribution >= 4 is 28.5 Å². The number of carbonyl (C=O) groups excluding carboxylic acids is 2. The van der Waals surface area contributed by atoms with E-state index in [1.54, 1.807) is 24.3 Å². The number of hydrogen-bond acceptors (Lipinski definition) is 5. The molecule has 170 valence electrons. The SMILES string of the molecule is COC(=O)Cn1c(O)c(N=NC(=O)[C@@H]2CC2(c2ccccc2)c2ccccc2)c2ccccc21. The largest absolute Gasteiger partial charge is 0.493 e. The summed E-state index contributed by atoms with van der Waals surface area (Å²) in [6, 6.07) is 27.0. The summed E-state index contributed by atoms with van der Waals surface area (Å²) in [4.78, 5) is 25.0. The lowest BCUT2D eigenvalue weighted by Crippen LogP contribution is -2.16. The van der Waals surface area contributed by atoms with Crippen LogP contribution in [0.25, 0.3) is 10.9 Å². The van der Waals surface area contributed by atoms with Crippen LogP contribution in [0.1, 0.15) is 17.5 Å². The molecule has 3 aromatic carbocycles. The van der Waals surface area contributed by atoms with Gasteiger partial charge in [-0.3, -0.25) is 14.2 Å². The second-order valence-electron chi connectivity index (χ2n) is 8.35. The molecule has 1 fully saturated rings. The minimum absolute atomic E-state index is 0.151. The van der Waals surface area contributed by atoms with E-state index in [9.17, 15) is 14.7 Å². The van der Waals surface area contributed by atoms with Crippen molar-refractivity contribution in [3.8, 4) is 5.88 Å². The van der Waals surface area contributed by atoms with Gasteiger partial charge in [-0.2, -0.15) is 0 Å². The van der Waals surface area contributed by atoms with Gasteiger partial charge in [0.2, 0.25) is 5.88 Å². The molecule has 1 N–H and O–H groups in total. The first-order valence-electron chi connectivity index (χ1n) is 11.0. The van der Waals surface area contributed by atoms with Crippen LogP contribution < -0.4 is 0 Å². The average Bonchev–Trinajstić information content (AvgIpc) is 3.60. The molecule has 1 amide bonds. The van der Waals surface area contributed by atoms with Crippen LogP contribution in [0.2, 0.25) is 0 Å². The first kappa shape index (κ1) is 21.6. The zero-order chi connectivity index (χ0) is 23.7. The first-order valence-corrected chi connectivity index (χ1v) is 11.0. The van der Waals surface area contributed by atoms with Crippen molar-refractivity contribution in [2.75, 3.05) is 7.11 Å². The van der Waals surface area contributed by atoms with E-state index >= 15 is 0 Å². The van der Waals surface area contributed by atoms with Gasteiger partial charge in [0.1, 0.15) is 6.54 Å². The van der Waals surface area contributed by atoms with Gasteiger partial charge in [0.15, 0.2) is 5.69 Å². The zero-order valence-electron chi connectivity index (χ0n) is 18.6. The van der Waals surface area contributed by atoms with Gasteiger partial charge in [0.05, 0.1) is 18.5 Å². The molecule has 34 heavy (non-hydrogen) atoms. The van der Waals surface area contributed by atoms with E-state index in [4.69, 9.17) is 4.74 Å². The van der Waals surface area contributed by atoms with Gasteiger partial charge in [0, 0.05) is 10.8 Å². The van der Waals surface area contributed by atoms with Crippen LogP contribution in [0.15, 0.2) is 95.2 Å². The Kier molecular flexibility index (Phi) is 5.45. The number of aromatic nitrogens is 1. The third-order valence-electron chi connectivity index (χ3n) is 6.52. The van der Waals surface area contributed by atoms with Crippen LogP contribution in [0.5, 0.6) is 5.88 Å². The van der Waals surface area contributed by atoms with E-state index in [1.807, 2.05) is 60.7 Å². The number of fused-ring (bicyclic) bond motifs is 1. The summed E-state index contributed by atoms with van der Waals surface area (Å²) in [7, 11) is 1.28. The Morgan fingerprint density at radius 2 is 1.56 bits per heavy atom. The lowest BCUT2D eigenvalue weighted by atomic mass is 9.85. The number of rotatable bonds is 6. The molecule has 1 aromatic heterocycles. The van der Waals surface area contributed by atoms with Crippen molar-refractivity contribution in [1.29, 1.82) is 0 Å². The molecule has 4 aromatic rings. The van der Waals surface area contributed by atoms with E-state index in [-0.39, 0.29) is 29.9 Å². The highest BCUT2D eigenvalue weighted by Crippen LogP contribution is 2.59. The van der Waals surface area contributed by atoms with E-state index < -0.39 is 11.4 Å². The Bertz CT molecular complexity index is 1350. The Hall–Kier alpha value is -4.26. The maximum atomic E-state index is 13.2. The summed E-state index contributed by atoms with van der Waals surface area (Å²) in [6.07, 6.45) is 0.634. The van der Waals surface area contributed by atoms with E-state index in [0.29, 0.717) is 17.3 Å². The molecular weight excluding hydrogens is 430 g/mol. The Morgan fingerprint density at radius 3 is 2.18 bits per heavy atom. The van der Waals surface area contributed by atoms with E-state index in [0.717, 1.165) is 11.1 Å². The summed E-state index contributed by atoms with van der Waals surface area (Å²) in [6.45, 7) is -0.180. The first-order chi connectivity index (χ1) is 16.6. The fourth-order valence-corrected chi connectivity index (χ4v) is 4.73. The van der Waals surface area contributed by atoms with Crippen LogP contribution in [0.3, 0.4) is 0 Å². The van der Waals surface area contributed by atoms with Gasteiger partial charge in [-0.25, -0.2) is 0 Å². The second kappa shape index (κ2) is 8.59. The molecule has 1 saturated carbocycles. The lowest BCUT2D eigenvalue weighted by Gasteiger charge is -2.17. The number of para-hydroxylation sites is 1. The van der Waals surface area contributed by atoms with Crippen LogP contribution in [-0.4, -0.2) is 28.7 Å². The molecule has 5 rings (SSSR count). The topological polar surface area (TPSA) is 93.2 Å². The van der Waals surface area contributed by atoms with Gasteiger partial charge >= 0.3 is 5.97 Å². The minimum atomic E-state index is -0.510. The Morgan fingerprint density at radius 1 is 0.971 bits per heavy atom. The molecule has 0 aliphatic heterocycles. The number of nitrogens with zero attached hydrogens (tertiary/aromatic N) is 3. The molecule has 0 spiro atoms. The van der Waals surface area contributed by atoms with Gasteiger partial charge in [-0.15, -0.1) is 10.2 Å². The fraction of sp³-hybridized carbons (Fsp3) is 0.185. The minimum Gasteiger partial charge on any atom is -0.493 e. The third kappa shape index (κ3) is 3.55. The highest BCUT2D eigenvalue weighted by Gasteiger charge is 2.60. The highest BCUT2D eigenvalue weighted by atomic mass is 16.5. The number of esters is 1. The van der Waals surface area contributed by atoms with Gasteiger partial charge in [-0.05, 0) is 23.6 Å². The number of methoxy groups -OCH3 is 1. The number of aromatic hydroxyl groups is 1. The maximum absolute atomic E-state index is 13.2. The molecule has 1 aliphatic carbocycles.